The molecule has 0 aromatic heterocycles. The van der Waals surface area contributed by atoms with Gasteiger partial charge >= 0.3 is 0 Å². The summed E-state index contributed by atoms with van der Waals surface area (Å²) >= 11 is 0. The van der Waals surface area contributed by atoms with Gasteiger partial charge in [-0.15, -0.1) is 0 Å². The summed E-state index contributed by atoms with van der Waals surface area (Å²) in [6.07, 6.45) is 0. The molecule has 29 heavy (non-hydrogen) atoms. The monoisotopic (exact) mass is 384 g/mol. The highest BCUT2D eigenvalue weighted by atomic mass is 16.3. The number of anilines is 1. The molecule has 3 aromatic rings. The predicted octanol–water partition coefficient (Wildman–Crippen LogP) is 3.58. The number of rotatable bonds is 3. The van der Waals surface area contributed by atoms with E-state index in [0.29, 0.717) is 5.69 Å². The molecule has 2 fully saturated rings. The summed E-state index contributed by atoms with van der Waals surface area (Å²) in [5, 5.41) is 13.2. The smallest absolute Gasteiger partial charge is 0.239 e. The lowest BCUT2D eigenvalue weighted by molar-refractivity contribution is -0.123. The van der Waals surface area contributed by atoms with Crippen LogP contribution in [-0.2, 0) is 9.59 Å². The van der Waals surface area contributed by atoms with Gasteiger partial charge in [-0.1, -0.05) is 60.7 Å². The van der Waals surface area contributed by atoms with Crippen LogP contribution in [0.1, 0.15) is 23.2 Å². The normalized spacial score (nSPS) is 26.0. The van der Waals surface area contributed by atoms with E-state index in [1.54, 1.807) is 36.4 Å². The summed E-state index contributed by atoms with van der Waals surface area (Å²) in [6.45, 7) is 0. The fourth-order valence-corrected chi connectivity index (χ4v) is 4.60. The summed E-state index contributed by atoms with van der Waals surface area (Å²) in [5.41, 5.74) is 2.47. The maximum absolute atomic E-state index is 13.4. The van der Waals surface area contributed by atoms with Crippen molar-refractivity contribution in [1.29, 1.82) is 0 Å². The van der Waals surface area contributed by atoms with E-state index in [1.807, 2.05) is 48.5 Å². The summed E-state index contributed by atoms with van der Waals surface area (Å²) in [4.78, 5) is 28.2. The van der Waals surface area contributed by atoms with E-state index in [4.69, 9.17) is 0 Å². The number of phenols is 1. The number of fused-ring (bicyclic) bond motifs is 1. The largest absolute Gasteiger partial charge is 0.508 e. The van der Waals surface area contributed by atoms with Crippen molar-refractivity contribution < 1.29 is 14.7 Å². The van der Waals surface area contributed by atoms with Gasteiger partial charge in [0.1, 0.15) is 5.75 Å². The number of benzene rings is 3. The SMILES string of the molecule is O=C1C2C(C(=O)N1c1ccccc1)[C@H](c1ccccc1)N[C@@H]2c1ccc(O)cc1. The molecule has 5 heteroatoms. The Morgan fingerprint density at radius 2 is 1.14 bits per heavy atom. The Balaban J connectivity index is 1.60. The zero-order valence-corrected chi connectivity index (χ0v) is 15.6. The maximum atomic E-state index is 13.4. The number of imide groups is 1. The molecule has 0 spiro atoms. The Bertz CT molecular complexity index is 1050. The predicted molar refractivity (Wildman–Crippen MR) is 109 cm³/mol. The second-order valence-electron chi connectivity index (χ2n) is 7.52. The van der Waals surface area contributed by atoms with E-state index < -0.39 is 11.8 Å². The molecule has 2 N–H and O–H groups in total. The second-order valence-corrected chi connectivity index (χ2v) is 7.52. The van der Waals surface area contributed by atoms with E-state index in [9.17, 15) is 14.7 Å². The average molecular weight is 384 g/mol. The van der Waals surface area contributed by atoms with Crippen molar-refractivity contribution in [1.82, 2.24) is 5.32 Å². The number of amides is 2. The summed E-state index contributed by atoms with van der Waals surface area (Å²) in [7, 11) is 0. The van der Waals surface area contributed by atoms with Crippen LogP contribution in [0.2, 0.25) is 0 Å². The minimum atomic E-state index is -0.502. The molecule has 0 saturated carbocycles. The Hall–Kier alpha value is -3.44. The molecule has 2 amide bonds. The van der Waals surface area contributed by atoms with Crippen molar-refractivity contribution in [3.63, 3.8) is 0 Å². The molecule has 2 heterocycles. The molecule has 2 saturated heterocycles. The Kier molecular flexibility index (Phi) is 4.18. The van der Waals surface area contributed by atoms with Gasteiger partial charge in [0.2, 0.25) is 11.8 Å². The Morgan fingerprint density at radius 1 is 0.655 bits per heavy atom. The van der Waals surface area contributed by atoms with Gasteiger partial charge in [0.05, 0.1) is 17.5 Å². The Labute approximate surface area is 168 Å². The number of hydrogen-bond acceptors (Lipinski definition) is 4. The number of para-hydroxylation sites is 1. The van der Waals surface area contributed by atoms with Gasteiger partial charge < -0.3 is 10.4 Å². The standard InChI is InChI=1S/C24H20N2O3/c27-18-13-11-16(12-14-18)22-20-19(21(25-22)15-7-3-1-4-8-15)23(28)26(24(20)29)17-9-5-2-6-10-17/h1-14,19-22,25,27H/t19?,20?,21-,22+/m0/s1. The van der Waals surface area contributed by atoms with Gasteiger partial charge in [0.15, 0.2) is 0 Å². The fraction of sp³-hybridized carbons (Fsp3) is 0.167. The second kappa shape index (κ2) is 6.87. The molecule has 144 valence electrons. The van der Waals surface area contributed by atoms with Crippen LogP contribution in [0, 0.1) is 11.8 Å². The van der Waals surface area contributed by atoms with Crippen LogP contribution in [0.15, 0.2) is 84.9 Å². The van der Waals surface area contributed by atoms with Gasteiger partial charge in [-0.05, 0) is 35.4 Å². The third-order valence-electron chi connectivity index (χ3n) is 5.90. The van der Waals surface area contributed by atoms with Crippen LogP contribution >= 0.6 is 0 Å². The molecular weight excluding hydrogens is 364 g/mol. The first-order valence-electron chi connectivity index (χ1n) is 9.68. The fourth-order valence-electron chi connectivity index (χ4n) is 4.60. The van der Waals surface area contributed by atoms with E-state index in [0.717, 1.165) is 11.1 Å². The van der Waals surface area contributed by atoms with Crippen LogP contribution in [0.5, 0.6) is 5.75 Å². The third kappa shape index (κ3) is 2.82. The van der Waals surface area contributed by atoms with E-state index in [1.165, 1.54) is 4.90 Å². The molecule has 5 rings (SSSR count). The molecule has 2 unspecified atom stereocenters. The zero-order chi connectivity index (χ0) is 20.0. The van der Waals surface area contributed by atoms with E-state index in [2.05, 4.69) is 5.32 Å². The number of carbonyl (C=O) groups excluding carboxylic acids is 2. The van der Waals surface area contributed by atoms with Crippen LogP contribution in [-0.4, -0.2) is 16.9 Å². The van der Waals surface area contributed by atoms with Gasteiger partial charge in [0, 0.05) is 12.1 Å². The molecule has 0 bridgehead atoms. The summed E-state index contributed by atoms with van der Waals surface area (Å²) < 4.78 is 0. The van der Waals surface area contributed by atoms with Crippen LogP contribution in [0.4, 0.5) is 5.69 Å². The number of nitrogens with zero attached hydrogens (tertiary/aromatic N) is 1. The Morgan fingerprint density at radius 3 is 1.69 bits per heavy atom. The molecule has 0 radical (unpaired) electrons. The highest BCUT2D eigenvalue weighted by Gasteiger charge is 2.59. The summed E-state index contributed by atoms with van der Waals surface area (Å²) in [5.74, 6) is -1.17. The van der Waals surface area contributed by atoms with Crippen LogP contribution < -0.4 is 10.2 Å². The third-order valence-corrected chi connectivity index (χ3v) is 5.90. The number of hydrogen-bond donors (Lipinski definition) is 2. The molecule has 5 nitrogen and oxygen atoms in total. The number of nitrogens with one attached hydrogen (secondary N) is 1. The van der Waals surface area contributed by atoms with E-state index in [-0.39, 0.29) is 29.6 Å². The molecule has 4 atom stereocenters. The van der Waals surface area contributed by atoms with Gasteiger partial charge in [-0.25, -0.2) is 4.90 Å². The highest BCUT2D eigenvalue weighted by Crippen LogP contribution is 2.50. The molecule has 0 aliphatic carbocycles. The van der Waals surface area contributed by atoms with Crippen LogP contribution in [0.3, 0.4) is 0 Å². The summed E-state index contributed by atoms with van der Waals surface area (Å²) in [6, 6.07) is 25.1. The first kappa shape index (κ1) is 17.6. The van der Waals surface area contributed by atoms with Crippen LogP contribution in [0.25, 0.3) is 0 Å². The van der Waals surface area contributed by atoms with Gasteiger partial charge in [-0.2, -0.15) is 0 Å². The minimum absolute atomic E-state index is 0.169. The maximum Gasteiger partial charge on any atom is 0.239 e. The zero-order valence-electron chi connectivity index (χ0n) is 15.6. The lowest BCUT2D eigenvalue weighted by atomic mass is 9.84. The molecule has 2 aliphatic rings. The molecule has 2 aliphatic heterocycles. The highest BCUT2D eigenvalue weighted by molar-refractivity contribution is 6.22. The number of carbonyl (C=O) groups is 2. The van der Waals surface area contributed by atoms with Crippen molar-refractivity contribution in [3.05, 3.63) is 96.1 Å². The van der Waals surface area contributed by atoms with Crippen molar-refractivity contribution in [3.8, 4) is 5.75 Å². The minimum Gasteiger partial charge on any atom is -0.508 e. The molecule has 3 aromatic carbocycles. The molecular formula is C24H20N2O3. The van der Waals surface area contributed by atoms with Gasteiger partial charge in [0.25, 0.3) is 0 Å². The number of aromatic hydroxyl groups is 1. The van der Waals surface area contributed by atoms with Crippen molar-refractivity contribution in [2.24, 2.45) is 11.8 Å². The van der Waals surface area contributed by atoms with E-state index >= 15 is 0 Å². The topological polar surface area (TPSA) is 69.6 Å². The average Bonchev–Trinajstić information content (AvgIpc) is 3.27. The van der Waals surface area contributed by atoms with Gasteiger partial charge in [-0.3, -0.25) is 9.59 Å². The lowest BCUT2D eigenvalue weighted by Gasteiger charge is -2.23. The lowest BCUT2D eigenvalue weighted by Crippen LogP contribution is -2.36. The van der Waals surface area contributed by atoms with Crippen molar-refractivity contribution in [2.75, 3.05) is 4.90 Å². The van der Waals surface area contributed by atoms with Crippen molar-refractivity contribution in [2.45, 2.75) is 12.1 Å². The quantitative estimate of drug-likeness (QED) is 0.677. The first-order valence-corrected chi connectivity index (χ1v) is 9.68. The first-order chi connectivity index (χ1) is 14.1. The van der Waals surface area contributed by atoms with Crippen molar-refractivity contribution >= 4 is 17.5 Å². The number of phenolic OH excluding ortho intramolecular Hbond substituents is 1.